The van der Waals surface area contributed by atoms with E-state index in [0.29, 0.717) is 0 Å². The Bertz CT molecular complexity index is 1100. The molecule has 0 unspecified atom stereocenters. The lowest BCUT2D eigenvalue weighted by Gasteiger charge is -2.16. The molecule has 0 bridgehead atoms. The lowest BCUT2D eigenvalue weighted by atomic mass is 9.97. The topological polar surface area (TPSA) is 127 Å². The standard InChI is InChI=1S/C24H29NO9/c1-23(2,3)21(29)33-13-31-17(26)12-25-16-11-9-7-8-10-15(16)18(19(25)27)20(28)32-14-34-22(30)24(4,5)6/h7-11H,12-14H2,1-6H3. The zero-order valence-corrected chi connectivity index (χ0v) is 20.1. The van der Waals surface area contributed by atoms with Crippen LogP contribution in [0.1, 0.15) is 51.9 Å². The van der Waals surface area contributed by atoms with Gasteiger partial charge in [0.05, 0.1) is 16.5 Å². The number of carbonyl (C=O) groups excluding carboxylic acids is 4. The van der Waals surface area contributed by atoms with Crippen LogP contribution in [0.4, 0.5) is 0 Å². The van der Waals surface area contributed by atoms with E-state index in [2.05, 4.69) is 0 Å². The van der Waals surface area contributed by atoms with Gasteiger partial charge in [0.25, 0.3) is 5.56 Å². The van der Waals surface area contributed by atoms with Crippen LogP contribution in [0, 0.1) is 10.8 Å². The first kappa shape index (κ1) is 26.6. The van der Waals surface area contributed by atoms with E-state index in [0.717, 1.165) is 4.57 Å². The molecule has 1 aliphatic carbocycles. The Morgan fingerprint density at radius 1 is 0.765 bits per heavy atom. The average molecular weight is 475 g/mol. The van der Waals surface area contributed by atoms with Crippen LogP contribution in [-0.4, -0.2) is 42.0 Å². The maximum atomic E-state index is 13.0. The van der Waals surface area contributed by atoms with Gasteiger partial charge in [-0.1, -0.05) is 24.3 Å². The van der Waals surface area contributed by atoms with Gasteiger partial charge >= 0.3 is 23.9 Å². The second kappa shape index (κ2) is 10.5. The highest BCUT2D eigenvalue weighted by Crippen LogP contribution is 2.25. The largest absolute Gasteiger partial charge is 0.427 e. The average Bonchev–Trinajstić information content (AvgIpc) is 2.85. The van der Waals surface area contributed by atoms with Crippen molar-refractivity contribution >= 4 is 23.9 Å². The van der Waals surface area contributed by atoms with Crippen molar-refractivity contribution in [3.63, 3.8) is 0 Å². The lowest BCUT2D eigenvalue weighted by molar-refractivity contribution is -0.173. The van der Waals surface area contributed by atoms with Gasteiger partial charge in [-0.05, 0) is 47.6 Å². The van der Waals surface area contributed by atoms with Crippen LogP contribution >= 0.6 is 0 Å². The Hall–Kier alpha value is -3.69. The number of hydrogen-bond acceptors (Lipinski definition) is 9. The van der Waals surface area contributed by atoms with Crippen molar-refractivity contribution in [1.29, 1.82) is 0 Å². The number of esters is 4. The summed E-state index contributed by atoms with van der Waals surface area (Å²) in [6.45, 7) is 8.08. The molecule has 0 atom stereocenters. The molecule has 0 radical (unpaired) electrons. The molecule has 184 valence electrons. The van der Waals surface area contributed by atoms with Gasteiger partial charge < -0.3 is 18.9 Å². The summed E-state index contributed by atoms with van der Waals surface area (Å²) in [6, 6.07) is 8.02. The van der Waals surface area contributed by atoms with E-state index in [1.807, 2.05) is 0 Å². The Morgan fingerprint density at radius 2 is 1.29 bits per heavy atom. The molecule has 0 amide bonds. The molecule has 2 rings (SSSR count). The smallest absolute Gasteiger partial charge is 0.347 e. The van der Waals surface area contributed by atoms with Crippen LogP contribution in [0.3, 0.4) is 0 Å². The van der Waals surface area contributed by atoms with Crippen LogP contribution in [0.5, 0.6) is 0 Å². The first-order valence-corrected chi connectivity index (χ1v) is 10.5. The molecule has 34 heavy (non-hydrogen) atoms. The van der Waals surface area contributed by atoms with Gasteiger partial charge in [-0.15, -0.1) is 0 Å². The maximum absolute atomic E-state index is 13.0. The number of fused-ring (bicyclic) bond motifs is 1. The Kier molecular flexibility index (Phi) is 8.20. The minimum absolute atomic E-state index is 0.245. The minimum Gasteiger partial charge on any atom is -0.427 e. The molecule has 0 aromatic carbocycles. The monoisotopic (exact) mass is 475 g/mol. The highest BCUT2D eigenvalue weighted by Gasteiger charge is 2.29. The van der Waals surface area contributed by atoms with Gasteiger partial charge in [0, 0.05) is 5.56 Å². The Balaban J connectivity index is 2.18. The van der Waals surface area contributed by atoms with Crippen molar-refractivity contribution in [3.05, 3.63) is 46.2 Å². The van der Waals surface area contributed by atoms with Crippen LogP contribution in [0.15, 0.2) is 35.1 Å². The molecule has 1 heterocycles. The molecule has 2 aliphatic rings. The van der Waals surface area contributed by atoms with E-state index in [-0.39, 0.29) is 16.8 Å². The van der Waals surface area contributed by atoms with E-state index in [1.54, 1.807) is 65.8 Å². The quantitative estimate of drug-likeness (QED) is 0.439. The summed E-state index contributed by atoms with van der Waals surface area (Å²) in [6.07, 6.45) is 0. The van der Waals surface area contributed by atoms with Crippen LogP contribution in [0.25, 0.3) is 11.3 Å². The third-order valence-corrected chi connectivity index (χ3v) is 4.54. The van der Waals surface area contributed by atoms with Crippen molar-refractivity contribution < 1.29 is 38.1 Å². The summed E-state index contributed by atoms with van der Waals surface area (Å²) in [5.74, 6) is -2.98. The number of carbonyl (C=O) groups is 4. The summed E-state index contributed by atoms with van der Waals surface area (Å²) >= 11 is 0. The molecule has 10 nitrogen and oxygen atoms in total. The second-order valence-corrected chi connectivity index (χ2v) is 9.52. The SMILES string of the molecule is CC(C)(C)C(=O)OCOC(=O)Cn1c2cccccc-2c(C(=O)OCOC(=O)C(C)(C)C)c1=O. The third kappa shape index (κ3) is 6.66. The Labute approximate surface area is 197 Å². The summed E-state index contributed by atoms with van der Waals surface area (Å²) in [7, 11) is 0. The van der Waals surface area contributed by atoms with Crippen molar-refractivity contribution in [2.75, 3.05) is 13.6 Å². The van der Waals surface area contributed by atoms with Gasteiger partial charge in [0.15, 0.2) is 0 Å². The van der Waals surface area contributed by atoms with E-state index in [9.17, 15) is 24.0 Å². The first-order valence-electron chi connectivity index (χ1n) is 10.5. The fourth-order valence-corrected chi connectivity index (χ4v) is 2.66. The molecule has 0 fully saturated rings. The van der Waals surface area contributed by atoms with Crippen LogP contribution in [-0.2, 0) is 39.9 Å². The van der Waals surface area contributed by atoms with Gasteiger partial charge in [-0.3, -0.25) is 23.7 Å². The van der Waals surface area contributed by atoms with Gasteiger partial charge in [0.1, 0.15) is 12.1 Å². The molecule has 0 spiro atoms. The number of nitrogens with zero attached hydrogens (tertiary/aromatic N) is 1. The highest BCUT2D eigenvalue weighted by atomic mass is 16.7. The second-order valence-electron chi connectivity index (χ2n) is 9.52. The predicted molar refractivity (Wildman–Crippen MR) is 120 cm³/mol. The normalized spacial score (nSPS) is 11.6. The van der Waals surface area contributed by atoms with Crippen LogP contribution < -0.4 is 5.56 Å². The summed E-state index contributed by atoms with van der Waals surface area (Å²) in [5.41, 5.74) is -2.12. The summed E-state index contributed by atoms with van der Waals surface area (Å²) < 4.78 is 20.8. The first-order chi connectivity index (χ1) is 15.7. The summed E-state index contributed by atoms with van der Waals surface area (Å²) in [5, 5.41) is 0. The van der Waals surface area contributed by atoms with Crippen LogP contribution in [0.2, 0.25) is 0 Å². The molecule has 0 aromatic rings. The zero-order chi connectivity index (χ0) is 25.7. The molecule has 10 heteroatoms. The van der Waals surface area contributed by atoms with Crippen molar-refractivity contribution in [2.24, 2.45) is 10.8 Å². The number of hydrogen-bond donors (Lipinski definition) is 0. The van der Waals surface area contributed by atoms with E-state index >= 15 is 0 Å². The fourth-order valence-electron chi connectivity index (χ4n) is 2.66. The maximum Gasteiger partial charge on any atom is 0.347 e. The molecule has 0 aromatic heterocycles. The molecule has 0 saturated carbocycles. The highest BCUT2D eigenvalue weighted by molar-refractivity contribution is 5.97. The van der Waals surface area contributed by atoms with E-state index in [4.69, 9.17) is 18.9 Å². The van der Waals surface area contributed by atoms with Gasteiger partial charge in [-0.2, -0.15) is 0 Å². The Morgan fingerprint density at radius 3 is 1.85 bits per heavy atom. The number of rotatable bonds is 7. The number of ether oxygens (including phenoxy) is 4. The number of aromatic nitrogens is 1. The predicted octanol–water partition coefficient (Wildman–Crippen LogP) is 2.75. The van der Waals surface area contributed by atoms with Crippen molar-refractivity contribution in [2.45, 2.75) is 48.1 Å². The molecule has 1 aliphatic heterocycles. The van der Waals surface area contributed by atoms with Gasteiger partial charge in [-0.25, -0.2) is 4.79 Å². The van der Waals surface area contributed by atoms with Crippen molar-refractivity contribution in [1.82, 2.24) is 4.57 Å². The molecule has 0 N–H and O–H groups in total. The zero-order valence-electron chi connectivity index (χ0n) is 20.1. The molecule has 0 saturated heterocycles. The van der Waals surface area contributed by atoms with E-state index < -0.39 is 60.4 Å². The molecular formula is C24H29NO9. The summed E-state index contributed by atoms with van der Waals surface area (Å²) in [4.78, 5) is 61.6. The van der Waals surface area contributed by atoms with Crippen molar-refractivity contribution in [3.8, 4) is 11.3 Å². The third-order valence-electron chi connectivity index (χ3n) is 4.54. The van der Waals surface area contributed by atoms with Gasteiger partial charge in [0.2, 0.25) is 13.6 Å². The minimum atomic E-state index is -1.01. The van der Waals surface area contributed by atoms with E-state index in [1.165, 1.54) is 6.07 Å². The lowest BCUT2D eigenvalue weighted by Crippen LogP contribution is -2.28. The fraction of sp³-hybridized carbons (Fsp3) is 0.458. The molecular weight excluding hydrogens is 446 g/mol.